The van der Waals surface area contributed by atoms with Crippen molar-refractivity contribution in [1.29, 1.82) is 0 Å². The lowest BCUT2D eigenvalue weighted by Crippen LogP contribution is -2.41. The number of aliphatic hydroxyl groups excluding tert-OH is 1. The molecule has 0 aliphatic heterocycles. The van der Waals surface area contributed by atoms with Gasteiger partial charge in [0.15, 0.2) is 0 Å². The first kappa shape index (κ1) is 30.1. The summed E-state index contributed by atoms with van der Waals surface area (Å²) in [5.41, 5.74) is 3.21. The third-order valence-corrected chi connectivity index (χ3v) is 6.63. The Bertz CT molecular complexity index is 1260. The van der Waals surface area contributed by atoms with Gasteiger partial charge in [0.2, 0.25) is 5.95 Å². The van der Waals surface area contributed by atoms with Crippen molar-refractivity contribution < 1.29 is 19.4 Å². The number of carbonyl (C=O) groups is 2. The van der Waals surface area contributed by atoms with Crippen LogP contribution in [0.4, 0.5) is 5.95 Å². The minimum atomic E-state index is -0.608. The lowest BCUT2D eigenvalue weighted by molar-refractivity contribution is -0.147. The summed E-state index contributed by atoms with van der Waals surface area (Å²) in [5, 5.41) is 19.4. The Morgan fingerprint density at radius 3 is 2.64 bits per heavy atom. The van der Waals surface area contributed by atoms with Gasteiger partial charge in [0.25, 0.3) is 5.91 Å². The average molecular weight is 557 g/mol. The van der Waals surface area contributed by atoms with E-state index in [1.54, 1.807) is 49.8 Å². The van der Waals surface area contributed by atoms with Crippen molar-refractivity contribution in [3.63, 3.8) is 0 Å². The Labute approximate surface area is 233 Å². The summed E-state index contributed by atoms with van der Waals surface area (Å²) in [5.74, 6) is -0.172. The number of hydrogen-bond donors (Lipinski definition) is 5. The van der Waals surface area contributed by atoms with Crippen LogP contribution in [0.5, 0.6) is 0 Å². The van der Waals surface area contributed by atoms with Crippen molar-refractivity contribution in [2.75, 3.05) is 25.6 Å². The second kappa shape index (κ2) is 14.1. The Hall–Kier alpha value is -3.47. The van der Waals surface area contributed by atoms with Crippen molar-refractivity contribution in [2.24, 2.45) is 5.92 Å². The van der Waals surface area contributed by atoms with Gasteiger partial charge in [-0.15, -0.1) is 0 Å². The van der Waals surface area contributed by atoms with Gasteiger partial charge in [-0.3, -0.25) is 9.59 Å². The highest BCUT2D eigenvalue weighted by molar-refractivity contribution is 6.30. The number of aromatic nitrogens is 3. The molecule has 0 fully saturated rings. The second-order valence-electron chi connectivity index (χ2n) is 9.68. The number of ether oxygens (including phenoxy) is 1. The Morgan fingerprint density at radius 1 is 1.23 bits per heavy atom. The van der Waals surface area contributed by atoms with Crippen molar-refractivity contribution >= 4 is 29.4 Å². The fourth-order valence-corrected chi connectivity index (χ4v) is 4.30. The molecular weight excluding hydrogens is 520 g/mol. The number of benzene rings is 1. The molecule has 0 unspecified atom stereocenters. The minimum Gasteiger partial charge on any atom is -0.462 e. The number of carbonyl (C=O) groups excluding carboxylic acids is 2. The van der Waals surface area contributed by atoms with Gasteiger partial charge in [0.05, 0.1) is 24.4 Å². The van der Waals surface area contributed by atoms with Gasteiger partial charge in [-0.25, -0.2) is 9.97 Å². The number of hydrogen-bond acceptors (Lipinski definition) is 8. The first-order valence-corrected chi connectivity index (χ1v) is 13.3. The molecule has 39 heavy (non-hydrogen) atoms. The molecule has 10 nitrogen and oxygen atoms in total. The van der Waals surface area contributed by atoms with E-state index in [-0.39, 0.29) is 43.1 Å². The molecule has 2 heterocycles. The van der Waals surface area contributed by atoms with Crippen LogP contribution in [0, 0.1) is 12.8 Å². The monoisotopic (exact) mass is 556 g/mol. The molecule has 0 saturated heterocycles. The van der Waals surface area contributed by atoms with Crippen LogP contribution in [0.1, 0.15) is 54.8 Å². The molecule has 5 N–H and O–H groups in total. The second-order valence-corrected chi connectivity index (χ2v) is 10.1. The maximum Gasteiger partial charge on any atom is 0.323 e. The molecule has 3 aromatic rings. The molecule has 11 heteroatoms. The number of amides is 1. The molecule has 2 aromatic heterocycles. The van der Waals surface area contributed by atoms with Crippen molar-refractivity contribution in [3.8, 4) is 11.3 Å². The summed E-state index contributed by atoms with van der Waals surface area (Å²) < 4.78 is 5.54. The van der Waals surface area contributed by atoms with E-state index in [1.807, 2.05) is 27.7 Å². The average Bonchev–Trinajstić information content (AvgIpc) is 3.41. The van der Waals surface area contributed by atoms with E-state index >= 15 is 0 Å². The largest absolute Gasteiger partial charge is 0.462 e. The van der Waals surface area contributed by atoms with Gasteiger partial charge in [0.1, 0.15) is 18.3 Å². The molecule has 0 aliphatic carbocycles. The van der Waals surface area contributed by atoms with Crippen LogP contribution in [0.25, 0.3) is 11.3 Å². The van der Waals surface area contributed by atoms with Crippen LogP contribution in [0.2, 0.25) is 5.02 Å². The van der Waals surface area contributed by atoms with Crippen LogP contribution in [0.15, 0.2) is 42.7 Å². The topological polar surface area (TPSA) is 141 Å². The van der Waals surface area contributed by atoms with Crippen molar-refractivity contribution in [3.05, 3.63) is 64.6 Å². The number of anilines is 1. The number of esters is 1. The number of nitrogens with zero attached hydrogens (tertiary/aromatic N) is 2. The first-order chi connectivity index (χ1) is 18.7. The number of aryl methyl sites for hydroxylation is 1. The van der Waals surface area contributed by atoms with Gasteiger partial charge in [0, 0.05) is 23.0 Å². The van der Waals surface area contributed by atoms with Crippen LogP contribution in [-0.4, -0.2) is 64.3 Å². The molecule has 0 saturated carbocycles. The molecule has 0 spiro atoms. The summed E-state index contributed by atoms with van der Waals surface area (Å²) >= 11 is 6.06. The number of aromatic amines is 1. The smallest absolute Gasteiger partial charge is 0.323 e. The number of nitrogens with one attached hydrogen (secondary N) is 4. The fraction of sp³-hybridized carbons (Fsp3) is 0.429. The normalized spacial score (nSPS) is 13.5. The Morgan fingerprint density at radius 2 is 2.00 bits per heavy atom. The van der Waals surface area contributed by atoms with Gasteiger partial charge < -0.3 is 30.8 Å². The molecule has 3 rings (SSSR count). The zero-order valence-corrected chi connectivity index (χ0v) is 23.7. The number of halogens is 1. The lowest BCUT2D eigenvalue weighted by atomic mass is 10.1. The maximum absolute atomic E-state index is 12.9. The van der Waals surface area contributed by atoms with E-state index in [0.29, 0.717) is 39.9 Å². The van der Waals surface area contributed by atoms with E-state index in [4.69, 9.17) is 16.3 Å². The van der Waals surface area contributed by atoms with Gasteiger partial charge in [-0.2, -0.15) is 0 Å². The van der Waals surface area contributed by atoms with Gasteiger partial charge in [-0.1, -0.05) is 44.5 Å². The van der Waals surface area contributed by atoms with Crippen molar-refractivity contribution in [1.82, 2.24) is 25.6 Å². The quantitative estimate of drug-likeness (QED) is 0.200. The molecule has 0 radical (unpaired) electrons. The van der Waals surface area contributed by atoms with E-state index in [1.165, 1.54) is 0 Å². The van der Waals surface area contributed by atoms with Crippen molar-refractivity contribution in [2.45, 2.75) is 52.2 Å². The number of rotatable bonds is 13. The van der Waals surface area contributed by atoms with E-state index in [9.17, 15) is 14.7 Å². The predicted molar refractivity (Wildman–Crippen MR) is 152 cm³/mol. The summed E-state index contributed by atoms with van der Waals surface area (Å²) in [6, 6.07) is 7.53. The summed E-state index contributed by atoms with van der Waals surface area (Å²) in [4.78, 5) is 37.4. The Kier molecular flexibility index (Phi) is 10.8. The molecule has 3 atom stereocenters. The fourth-order valence-electron chi connectivity index (χ4n) is 4.10. The summed E-state index contributed by atoms with van der Waals surface area (Å²) in [6.07, 6.45) is 4.09. The summed E-state index contributed by atoms with van der Waals surface area (Å²) in [7, 11) is 1.74. The van der Waals surface area contributed by atoms with Gasteiger partial charge in [-0.05, 0) is 55.6 Å². The van der Waals surface area contributed by atoms with Crippen LogP contribution in [0.3, 0.4) is 0 Å². The molecular formula is C28H37ClN6O4. The highest BCUT2D eigenvalue weighted by Gasteiger charge is 2.23. The van der Waals surface area contributed by atoms with Gasteiger partial charge >= 0.3 is 5.97 Å². The molecule has 1 amide bonds. The number of likely N-dealkylation sites (N-methyl/N-ethyl adjacent to an activating group) is 1. The maximum atomic E-state index is 12.9. The van der Waals surface area contributed by atoms with E-state index in [2.05, 4.69) is 30.9 Å². The number of aliphatic hydroxyl groups is 1. The lowest BCUT2D eigenvalue weighted by Gasteiger charge is -2.22. The van der Waals surface area contributed by atoms with Crippen LogP contribution >= 0.6 is 11.6 Å². The standard InChI is InChI=1S/C28H37ClN6O4/c1-6-21(15-39-27(38)24(30-5)16(2)3)33-28-32-12-17(4)25(35-28)19-11-22(31-13-19)26(37)34-23(14-36)18-8-7-9-20(29)10-18/h7-13,16,21,23-24,30-31,36H,6,14-15H2,1-5H3,(H,34,37)(H,32,33,35)/t21-,23-,24+/m1/s1. The molecule has 0 bridgehead atoms. The highest BCUT2D eigenvalue weighted by atomic mass is 35.5. The predicted octanol–water partition coefficient (Wildman–Crippen LogP) is 3.87. The summed E-state index contributed by atoms with van der Waals surface area (Å²) in [6.45, 7) is 7.69. The van der Waals surface area contributed by atoms with E-state index < -0.39 is 6.04 Å². The minimum absolute atomic E-state index is 0.109. The number of H-pyrrole nitrogens is 1. The molecule has 1 aromatic carbocycles. The third-order valence-electron chi connectivity index (χ3n) is 6.40. The molecule has 0 aliphatic rings. The Balaban J connectivity index is 1.70. The third kappa shape index (κ3) is 8.01. The zero-order chi connectivity index (χ0) is 28.5. The first-order valence-electron chi connectivity index (χ1n) is 13.0. The molecule has 210 valence electrons. The van der Waals surface area contributed by atoms with E-state index in [0.717, 1.165) is 5.56 Å². The highest BCUT2D eigenvalue weighted by Crippen LogP contribution is 2.24. The van der Waals surface area contributed by atoms with Crippen LogP contribution in [-0.2, 0) is 9.53 Å². The zero-order valence-electron chi connectivity index (χ0n) is 22.9. The van der Waals surface area contributed by atoms with Crippen LogP contribution < -0.4 is 16.0 Å². The SMILES string of the molecule is CC[C@H](COC(=O)[C@@H](NC)C(C)C)Nc1ncc(C)c(-c2c[nH]c(C(=O)N[C@H](CO)c3cccc(Cl)c3)c2)n1.